The first kappa shape index (κ1) is 18.6. The Morgan fingerprint density at radius 2 is 1.96 bits per heavy atom. The van der Waals surface area contributed by atoms with Gasteiger partial charge in [0.15, 0.2) is 0 Å². The van der Waals surface area contributed by atoms with E-state index in [1.54, 1.807) is 0 Å². The minimum absolute atomic E-state index is 0.0731. The zero-order valence-corrected chi connectivity index (χ0v) is 16.5. The quantitative estimate of drug-likeness (QED) is 0.831. The molecule has 1 aliphatic rings. The molecule has 2 aromatic rings. The number of nitrogens with zero attached hydrogens (tertiary/aromatic N) is 3. The van der Waals surface area contributed by atoms with Crippen LogP contribution in [0, 0.1) is 26.2 Å². The number of likely N-dealkylation sites (N-methyl/N-ethyl adjacent to an activating group) is 1. The smallest absolute Gasteiger partial charge is 0.241 e. The molecule has 1 atom stereocenters. The summed E-state index contributed by atoms with van der Waals surface area (Å²) in [6, 6.07) is 9.95. The molecule has 3 rings (SSSR count). The minimum atomic E-state index is -0.263. The maximum atomic E-state index is 13.0. The molecule has 0 spiro atoms. The molecule has 5 heteroatoms. The molecule has 140 valence electrons. The number of aryl methyl sites for hydroxylation is 3. The summed E-state index contributed by atoms with van der Waals surface area (Å²) in [6.07, 6.45) is 2.28. The van der Waals surface area contributed by atoms with Crippen molar-refractivity contribution in [1.29, 1.82) is 0 Å². The number of benzene rings is 1. The van der Waals surface area contributed by atoms with E-state index in [0.717, 1.165) is 36.2 Å². The van der Waals surface area contributed by atoms with Crippen molar-refractivity contribution in [2.24, 2.45) is 5.41 Å². The van der Waals surface area contributed by atoms with Gasteiger partial charge >= 0.3 is 0 Å². The van der Waals surface area contributed by atoms with E-state index in [9.17, 15) is 4.79 Å². The van der Waals surface area contributed by atoms with E-state index in [2.05, 4.69) is 41.1 Å². The molecule has 1 aromatic carbocycles. The Morgan fingerprint density at radius 3 is 2.50 bits per heavy atom. The van der Waals surface area contributed by atoms with Crippen molar-refractivity contribution in [3.63, 3.8) is 0 Å². The average molecular weight is 354 g/mol. The van der Waals surface area contributed by atoms with Crippen molar-refractivity contribution in [2.75, 3.05) is 20.6 Å². The number of hydrogen-bond acceptors (Lipinski definition) is 3. The van der Waals surface area contributed by atoms with Crippen LogP contribution in [0.5, 0.6) is 0 Å². The van der Waals surface area contributed by atoms with E-state index in [0.29, 0.717) is 6.54 Å². The van der Waals surface area contributed by atoms with E-state index < -0.39 is 0 Å². The zero-order valence-electron chi connectivity index (χ0n) is 16.5. The lowest BCUT2D eigenvalue weighted by Gasteiger charge is -2.26. The van der Waals surface area contributed by atoms with Crippen LogP contribution in [0.3, 0.4) is 0 Å². The lowest BCUT2D eigenvalue weighted by Crippen LogP contribution is -2.40. The van der Waals surface area contributed by atoms with E-state index in [1.165, 1.54) is 5.69 Å². The van der Waals surface area contributed by atoms with Crippen molar-refractivity contribution in [3.8, 4) is 0 Å². The van der Waals surface area contributed by atoms with E-state index >= 15 is 0 Å². The van der Waals surface area contributed by atoms with Crippen molar-refractivity contribution in [3.05, 3.63) is 52.8 Å². The third-order valence-electron chi connectivity index (χ3n) is 5.43. The normalized spacial score (nSPS) is 16.5. The van der Waals surface area contributed by atoms with E-state index in [1.807, 2.05) is 44.1 Å². The number of carbonyl (C=O) groups is 1. The SMILES string of the molecule is Cc1cc(C)n(CC2(CNC(=O)[C@@H](c3ccccc3C)N(C)C)CC2)n1. The van der Waals surface area contributed by atoms with Gasteiger partial charge in [-0.25, -0.2) is 0 Å². The number of amides is 1. The molecule has 1 saturated carbocycles. The zero-order chi connectivity index (χ0) is 18.9. The van der Waals surface area contributed by atoms with Gasteiger partial charge in [-0.15, -0.1) is 0 Å². The summed E-state index contributed by atoms with van der Waals surface area (Å²) in [4.78, 5) is 14.9. The highest BCUT2D eigenvalue weighted by atomic mass is 16.2. The number of carbonyl (C=O) groups excluding carboxylic acids is 1. The highest BCUT2D eigenvalue weighted by molar-refractivity contribution is 5.83. The van der Waals surface area contributed by atoms with E-state index in [4.69, 9.17) is 0 Å². The molecule has 0 radical (unpaired) electrons. The lowest BCUT2D eigenvalue weighted by molar-refractivity contribution is -0.126. The Hall–Kier alpha value is -2.14. The van der Waals surface area contributed by atoms with Crippen LogP contribution in [-0.2, 0) is 11.3 Å². The molecule has 0 bridgehead atoms. The predicted octanol–water partition coefficient (Wildman–Crippen LogP) is 3.01. The second-order valence-corrected chi connectivity index (χ2v) is 8.03. The molecule has 1 amide bonds. The number of hydrogen-bond donors (Lipinski definition) is 1. The van der Waals surface area contributed by atoms with Gasteiger partial charge < -0.3 is 5.32 Å². The van der Waals surface area contributed by atoms with Crippen molar-refractivity contribution >= 4 is 5.91 Å². The molecule has 0 saturated heterocycles. The van der Waals surface area contributed by atoms with Gasteiger partial charge in [0.1, 0.15) is 6.04 Å². The molecule has 1 heterocycles. The van der Waals surface area contributed by atoms with Crippen LogP contribution in [-0.4, -0.2) is 41.2 Å². The number of nitrogens with one attached hydrogen (secondary N) is 1. The highest BCUT2D eigenvalue weighted by Crippen LogP contribution is 2.46. The lowest BCUT2D eigenvalue weighted by atomic mass is 9.99. The molecule has 1 aliphatic carbocycles. The molecule has 1 fully saturated rings. The Kier molecular flexibility index (Phi) is 5.19. The van der Waals surface area contributed by atoms with Gasteiger partial charge in [0, 0.05) is 24.2 Å². The van der Waals surface area contributed by atoms with Gasteiger partial charge in [0.05, 0.1) is 5.69 Å². The van der Waals surface area contributed by atoms with Crippen LogP contribution in [0.1, 0.15) is 41.4 Å². The van der Waals surface area contributed by atoms with E-state index in [-0.39, 0.29) is 17.4 Å². The molecule has 0 unspecified atom stereocenters. The Balaban J connectivity index is 1.67. The Labute approximate surface area is 156 Å². The van der Waals surface area contributed by atoms with Gasteiger partial charge in [-0.3, -0.25) is 14.4 Å². The topological polar surface area (TPSA) is 50.2 Å². The molecular formula is C21H30N4O. The summed E-state index contributed by atoms with van der Waals surface area (Å²) < 4.78 is 2.08. The van der Waals surface area contributed by atoms with Crippen molar-refractivity contribution in [2.45, 2.75) is 46.2 Å². The third kappa shape index (κ3) is 3.98. The van der Waals surface area contributed by atoms with Crippen LogP contribution < -0.4 is 5.32 Å². The fraction of sp³-hybridized carbons (Fsp3) is 0.524. The largest absolute Gasteiger partial charge is 0.354 e. The van der Waals surface area contributed by atoms with Gasteiger partial charge in [-0.2, -0.15) is 5.10 Å². The van der Waals surface area contributed by atoms with Crippen LogP contribution in [0.25, 0.3) is 0 Å². The molecule has 26 heavy (non-hydrogen) atoms. The second-order valence-electron chi connectivity index (χ2n) is 8.03. The predicted molar refractivity (Wildman–Crippen MR) is 104 cm³/mol. The van der Waals surface area contributed by atoms with Crippen LogP contribution in [0.4, 0.5) is 0 Å². The minimum Gasteiger partial charge on any atom is -0.354 e. The number of aromatic nitrogens is 2. The summed E-state index contributed by atoms with van der Waals surface area (Å²) in [7, 11) is 3.92. The van der Waals surface area contributed by atoms with Gasteiger partial charge in [0.2, 0.25) is 5.91 Å². The van der Waals surface area contributed by atoms with Crippen molar-refractivity contribution < 1.29 is 4.79 Å². The Morgan fingerprint density at radius 1 is 1.27 bits per heavy atom. The fourth-order valence-corrected chi connectivity index (χ4v) is 3.64. The first-order chi connectivity index (χ1) is 12.3. The first-order valence-electron chi connectivity index (χ1n) is 9.32. The maximum Gasteiger partial charge on any atom is 0.241 e. The monoisotopic (exact) mass is 354 g/mol. The van der Waals surface area contributed by atoms with Gasteiger partial charge in [-0.1, -0.05) is 24.3 Å². The first-order valence-corrected chi connectivity index (χ1v) is 9.32. The summed E-state index contributed by atoms with van der Waals surface area (Å²) in [5, 5.41) is 7.80. The van der Waals surface area contributed by atoms with Crippen LogP contribution >= 0.6 is 0 Å². The standard InChI is InChI=1S/C21H30N4O/c1-15-8-6-7-9-18(15)19(24(4)5)20(26)22-13-21(10-11-21)14-25-17(3)12-16(2)23-25/h6-9,12,19H,10-11,13-14H2,1-5H3,(H,22,26)/t19-/m1/s1. The van der Waals surface area contributed by atoms with Gasteiger partial charge in [-0.05, 0) is 64.9 Å². The van der Waals surface area contributed by atoms with Crippen LogP contribution in [0.15, 0.2) is 30.3 Å². The summed E-state index contributed by atoms with van der Waals surface area (Å²) in [5.41, 5.74) is 4.60. The molecule has 1 aromatic heterocycles. The van der Waals surface area contributed by atoms with Crippen molar-refractivity contribution in [1.82, 2.24) is 20.0 Å². The molecule has 1 N–H and O–H groups in total. The second kappa shape index (κ2) is 7.23. The van der Waals surface area contributed by atoms with Gasteiger partial charge in [0.25, 0.3) is 0 Å². The maximum absolute atomic E-state index is 13.0. The molecule has 5 nitrogen and oxygen atoms in total. The fourth-order valence-electron chi connectivity index (χ4n) is 3.64. The average Bonchev–Trinajstić information content (AvgIpc) is 3.26. The number of rotatable bonds is 7. The summed E-state index contributed by atoms with van der Waals surface area (Å²) in [6.45, 7) is 7.76. The van der Waals surface area contributed by atoms with Crippen LogP contribution in [0.2, 0.25) is 0 Å². The third-order valence-corrected chi connectivity index (χ3v) is 5.43. The molecule has 0 aliphatic heterocycles. The highest BCUT2D eigenvalue weighted by Gasteiger charge is 2.44. The Bertz CT molecular complexity index is 789. The molecular weight excluding hydrogens is 324 g/mol. The summed E-state index contributed by atoms with van der Waals surface area (Å²) in [5.74, 6) is 0.0731. The summed E-state index contributed by atoms with van der Waals surface area (Å²) >= 11 is 0.